The fraction of sp³-hybridized carbons (Fsp3) is 0.400. The second kappa shape index (κ2) is 3.97. The number of hydrogen-bond acceptors (Lipinski definition) is 2. The van der Waals surface area contributed by atoms with E-state index >= 15 is 0 Å². The van der Waals surface area contributed by atoms with Gasteiger partial charge in [-0.2, -0.15) is 0 Å². The Bertz CT molecular complexity index is 354. The van der Waals surface area contributed by atoms with Gasteiger partial charge in [0.05, 0.1) is 11.1 Å². The van der Waals surface area contributed by atoms with Crippen LogP contribution in [0.2, 0.25) is 10.0 Å². The van der Waals surface area contributed by atoms with Crippen molar-refractivity contribution in [3.05, 3.63) is 27.7 Å². The van der Waals surface area contributed by atoms with E-state index in [1.165, 1.54) is 0 Å². The molecule has 1 heterocycles. The van der Waals surface area contributed by atoms with Crippen molar-refractivity contribution in [1.82, 2.24) is 5.32 Å². The minimum atomic E-state index is 0.194. The molecule has 0 amide bonds. The molecule has 1 aliphatic heterocycles. The number of likely N-dealkylation sites (N-methyl/N-ethyl adjacent to an activating group) is 1. The first-order valence-electron chi connectivity index (χ1n) is 4.57. The van der Waals surface area contributed by atoms with E-state index in [9.17, 15) is 0 Å². The van der Waals surface area contributed by atoms with Gasteiger partial charge < -0.3 is 10.1 Å². The lowest BCUT2D eigenvalue weighted by Gasteiger charge is -2.10. The van der Waals surface area contributed by atoms with Gasteiger partial charge in [0.1, 0.15) is 12.4 Å². The summed E-state index contributed by atoms with van der Waals surface area (Å²) < 4.78 is 5.49. The Labute approximate surface area is 93.2 Å². The molecule has 0 aromatic heterocycles. The van der Waals surface area contributed by atoms with E-state index in [-0.39, 0.29) is 6.04 Å². The zero-order valence-corrected chi connectivity index (χ0v) is 9.32. The van der Waals surface area contributed by atoms with E-state index in [2.05, 4.69) is 12.2 Å². The molecule has 1 aromatic carbocycles. The fourth-order valence-electron chi connectivity index (χ4n) is 1.68. The predicted molar refractivity (Wildman–Crippen MR) is 58.4 cm³/mol. The fourth-order valence-corrected chi connectivity index (χ4v) is 2.29. The summed E-state index contributed by atoms with van der Waals surface area (Å²) in [5, 5.41) is 4.60. The first-order chi connectivity index (χ1) is 6.72. The monoisotopic (exact) mass is 231 g/mol. The summed E-state index contributed by atoms with van der Waals surface area (Å²) >= 11 is 12.0. The lowest BCUT2D eigenvalue weighted by Crippen LogP contribution is -2.21. The number of benzene rings is 1. The summed E-state index contributed by atoms with van der Waals surface area (Å²) in [5.41, 5.74) is 1.03. The van der Waals surface area contributed by atoms with Crippen LogP contribution in [0.4, 0.5) is 0 Å². The van der Waals surface area contributed by atoms with Gasteiger partial charge >= 0.3 is 0 Å². The third kappa shape index (κ3) is 1.70. The van der Waals surface area contributed by atoms with Crippen molar-refractivity contribution < 1.29 is 4.74 Å². The Morgan fingerprint density at radius 3 is 3.00 bits per heavy atom. The average Bonchev–Trinajstić information content (AvgIpc) is 2.49. The standard InChI is InChI=1S/C10H11Cl2NO/c1-2-13-8-5-14-9-4-6(11)3-7(12)10(8)9/h3-4,8,13H,2,5H2,1H3. The van der Waals surface area contributed by atoms with Crippen molar-refractivity contribution in [2.45, 2.75) is 13.0 Å². The van der Waals surface area contributed by atoms with Crippen molar-refractivity contribution in [1.29, 1.82) is 0 Å². The number of fused-ring (bicyclic) bond motifs is 1. The second-order valence-electron chi connectivity index (χ2n) is 3.22. The Morgan fingerprint density at radius 2 is 2.29 bits per heavy atom. The molecular weight excluding hydrogens is 221 g/mol. The largest absolute Gasteiger partial charge is 0.491 e. The highest BCUT2D eigenvalue weighted by atomic mass is 35.5. The van der Waals surface area contributed by atoms with Crippen LogP contribution in [0, 0.1) is 0 Å². The maximum Gasteiger partial charge on any atom is 0.127 e. The van der Waals surface area contributed by atoms with Crippen molar-refractivity contribution in [3.8, 4) is 5.75 Å². The minimum Gasteiger partial charge on any atom is -0.491 e. The van der Waals surface area contributed by atoms with Crippen LogP contribution in [0.1, 0.15) is 18.5 Å². The normalized spacial score (nSPS) is 19.2. The molecule has 2 rings (SSSR count). The molecule has 0 aliphatic carbocycles. The van der Waals surface area contributed by atoms with Crippen LogP contribution in [0.15, 0.2) is 12.1 Å². The molecule has 4 heteroatoms. The zero-order valence-electron chi connectivity index (χ0n) is 7.81. The van der Waals surface area contributed by atoms with Gasteiger partial charge in [-0.1, -0.05) is 30.1 Å². The first-order valence-corrected chi connectivity index (χ1v) is 5.33. The molecule has 0 saturated heterocycles. The third-order valence-corrected chi connectivity index (χ3v) is 2.79. The summed E-state index contributed by atoms with van der Waals surface area (Å²) in [7, 11) is 0. The van der Waals surface area contributed by atoms with Crippen LogP contribution in [0.3, 0.4) is 0 Å². The number of ether oxygens (including phenoxy) is 1. The quantitative estimate of drug-likeness (QED) is 0.846. The molecule has 1 aliphatic rings. The molecule has 1 N–H and O–H groups in total. The van der Waals surface area contributed by atoms with Gasteiger partial charge in [0.25, 0.3) is 0 Å². The Kier molecular flexibility index (Phi) is 2.86. The maximum absolute atomic E-state index is 6.10. The molecule has 2 nitrogen and oxygen atoms in total. The Morgan fingerprint density at radius 1 is 1.50 bits per heavy atom. The summed E-state index contributed by atoms with van der Waals surface area (Å²) in [6.45, 7) is 3.58. The van der Waals surface area contributed by atoms with Crippen LogP contribution in [0.25, 0.3) is 0 Å². The van der Waals surface area contributed by atoms with Crippen LogP contribution < -0.4 is 10.1 Å². The summed E-state index contributed by atoms with van der Waals surface area (Å²) in [5.74, 6) is 0.799. The maximum atomic E-state index is 6.10. The molecule has 0 radical (unpaired) electrons. The first kappa shape index (κ1) is 10.1. The molecule has 1 aromatic rings. The highest BCUT2D eigenvalue weighted by Gasteiger charge is 2.26. The summed E-state index contributed by atoms with van der Waals surface area (Å²) in [6, 6.07) is 3.75. The van der Waals surface area contributed by atoms with Gasteiger partial charge in [-0.3, -0.25) is 0 Å². The molecule has 1 atom stereocenters. The third-order valence-electron chi connectivity index (χ3n) is 2.26. The molecule has 0 spiro atoms. The predicted octanol–water partition coefficient (Wildman–Crippen LogP) is 3.04. The highest BCUT2D eigenvalue weighted by molar-refractivity contribution is 6.35. The van der Waals surface area contributed by atoms with E-state index in [1.807, 2.05) is 0 Å². The molecule has 14 heavy (non-hydrogen) atoms. The number of rotatable bonds is 2. The van der Waals surface area contributed by atoms with E-state index in [1.54, 1.807) is 12.1 Å². The van der Waals surface area contributed by atoms with E-state index in [0.717, 1.165) is 17.9 Å². The molecule has 0 fully saturated rings. The van der Waals surface area contributed by atoms with Crippen molar-refractivity contribution >= 4 is 23.2 Å². The molecule has 0 saturated carbocycles. The van der Waals surface area contributed by atoms with Gasteiger partial charge in [0.15, 0.2) is 0 Å². The van der Waals surface area contributed by atoms with Gasteiger partial charge in [-0.05, 0) is 18.7 Å². The van der Waals surface area contributed by atoms with E-state index in [0.29, 0.717) is 16.7 Å². The van der Waals surface area contributed by atoms with Gasteiger partial charge in [-0.15, -0.1) is 0 Å². The Balaban J connectivity index is 2.39. The average molecular weight is 232 g/mol. The summed E-state index contributed by atoms with van der Waals surface area (Å²) in [4.78, 5) is 0. The summed E-state index contributed by atoms with van der Waals surface area (Å²) in [6.07, 6.45) is 0. The van der Waals surface area contributed by atoms with Gasteiger partial charge in [0, 0.05) is 10.6 Å². The Hall–Kier alpha value is -0.440. The van der Waals surface area contributed by atoms with Crippen molar-refractivity contribution in [3.63, 3.8) is 0 Å². The van der Waals surface area contributed by atoms with E-state index < -0.39 is 0 Å². The lowest BCUT2D eigenvalue weighted by atomic mass is 10.1. The second-order valence-corrected chi connectivity index (χ2v) is 4.06. The molecular formula is C10H11Cl2NO. The number of hydrogen-bond donors (Lipinski definition) is 1. The smallest absolute Gasteiger partial charge is 0.127 e. The van der Waals surface area contributed by atoms with Gasteiger partial charge in [-0.25, -0.2) is 0 Å². The van der Waals surface area contributed by atoms with Crippen LogP contribution in [-0.2, 0) is 0 Å². The number of halogens is 2. The van der Waals surface area contributed by atoms with Crippen LogP contribution in [0.5, 0.6) is 5.75 Å². The topological polar surface area (TPSA) is 21.3 Å². The highest BCUT2D eigenvalue weighted by Crippen LogP contribution is 2.39. The molecule has 0 bridgehead atoms. The van der Waals surface area contributed by atoms with Crippen molar-refractivity contribution in [2.75, 3.05) is 13.2 Å². The molecule has 76 valence electrons. The lowest BCUT2D eigenvalue weighted by molar-refractivity contribution is 0.313. The van der Waals surface area contributed by atoms with Crippen LogP contribution >= 0.6 is 23.2 Å². The van der Waals surface area contributed by atoms with Gasteiger partial charge in [0.2, 0.25) is 0 Å². The number of nitrogens with one attached hydrogen (secondary N) is 1. The van der Waals surface area contributed by atoms with Crippen LogP contribution in [-0.4, -0.2) is 13.2 Å². The SMILES string of the molecule is CCNC1COc2cc(Cl)cc(Cl)c21. The van der Waals surface area contributed by atoms with E-state index in [4.69, 9.17) is 27.9 Å². The minimum absolute atomic E-state index is 0.194. The van der Waals surface area contributed by atoms with Crippen molar-refractivity contribution in [2.24, 2.45) is 0 Å². The zero-order chi connectivity index (χ0) is 10.1. The molecule has 1 unspecified atom stereocenters.